The van der Waals surface area contributed by atoms with Crippen LogP contribution in [-0.2, 0) is 9.59 Å². The van der Waals surface area contributed by atoms with Crippen LogP contribution in [0.5, 0.6) is 0 Å². The number of rotatable bonds is 8. The van der Waals surface area contributed by atoms with E-state index in [0.29, 0.717) is 19.5 Å². The maximum atomic E-state index is 12.4. The van der Waals surface area contributed by atoms with E-state index in [1.54, 1.807) is 4.90 Å². The number of carbonyl (C=O) groups excluding carboxylic acids is 2. The van der Waals surface area contributed by atoms with Crippen molar-refractivity contribution in [3.05, 3.63) is 29.3 Å². The largest absolute Gasteiger partial charge is 0.356 e. The van der Waals surface area contributed by atoms with Gasteiger partial charge in [-0.2, -0.15) is 0 Å². The van der Waals surface area contributed by atoms with Crippen LogP contribution in [0.2, 0.25) is 0 Å². The van der Waals surface area contributed by atoms with Gasteiger partial charge in [-0.05, 0) is 51.5 Å². The average molecular weight is 345 g/mol. The normalized spacial score (nSPS) is 17.4. The molecule has 0 aromatic heterocycles. The van der Waals surface area contributed by atoms with Crippen molar-refractivity contribution in [3.63, 3.8) is 0 Å². The van der Waals surface area contributed by atoms with Gasteiger partial charge in [-0.25, -0.2) is 0 Å². The lowest BCUT2D eigenvalue weighted by molar-refractivity contribution is -0.126. The molecule has 2 amide bonds. The highest BCUT2D eigenvalue weighted by Crippen LogP contribution is 2.28. The second-order valence-corrected chi connectivity index (χ2v) is 6.87. The van der Waals surface area contributed by atoms with Crippen molar-refractivity contribution in [2.24, 2.45) is 5.92 Å². The Kier molecular flexibility index (Phi) is 7.00. The van der Waals surface area contributed by atoms with Crippen molar-refractivity contribution in [3.8, 4) is 0 Å². The van der Waals surface area contributed by atoms with E-state index in [0.717, 1.165) is 37.3 Å². The SMILES string of the molecule is CCN(CC)CCCNC(=O)C1CC(=O)N(c2ccc(C)cc2C)C1. The van der Waals surface area contributed by atoms with Crippen LogP contribution in [0, 0.1) is 19.8 Å². The monoisotopic (exact) mass is 345 g/mol. The van der Waals surface area contributed by atoms with Gasteiger partial charge in [0.25, 0.3) is 0 Å². The van der Waals surface area contributed by atoms with Gasteiger partial charge in [0.15, 0.2) is 0 Å². The number of amides is 2. The highest BCUT2D eigenvalue weighted by molar-refractivity contribution is 6.00. The summed E-state index contributed by atoms with van der Waals surface area (Å²) in [5, 5.41) is 3.00. The van der Waals surface area contributed by atoms with Crippen LogP contribution in [0.3, 0.4) is 0 Å². The maximum Gasteiger partial charge on any atom is 0.227 e. The third kappa shape index (κ3) is 5.05. The van der Waals surface area contributed by atoms with E-state index in [4.69, 9.17) is 0 Å². The summed E-state index contributed by atoms with van der Waals surface area (Å²) < 4.78 is 0. The zero-order valence-electron chi connectivity index (χ0n) is 16.0. The number of anilines is 1. The van der Waals surface area contributed by atoms with Crippen LogP contribution >= 0.6 is 0 Å². The smallest absolute Gasteiger partial charge is 0.227 e. The summed E-state index contributed by atoms with van der Waals surface area (Å²) in [6.07, 6.45) is 1.24. The Morgan fingerprint density at radius 2 is 2.00 bits per heavy atom. The fourth-order valence-electron chi connectivity index (χ4n) is 3.42. The van der Waals surface area contributed by atoms with Gasteiger partial charge in [0, 0.05) is 25.2 Å². The Balaban J connectivity index is 1.86. The molecule has 2 rings (SSSR count). The zero-order chi connectivity index (χ0) is 18.4. The molecule has 1 heterocycles. The average Bonchev–Trinajstić information content (AvgIpc) is 2.96. The van der Waals surface area contributed by atoms with E-state index in [-0.39, 0.29) is 17.7 Å². The van der Waals surface area contributed by atoms with Crippen LogP contribution in [0.15, 0.2) is 18.2 Å². The standard InChI is InChI=1S/C20H31N3O2/c1-5-22(6-2)11-7-10-21-20(25)17-13-19(24)23(14-17)18-9-8-15(3)12-16(18)4/h8-9,12,17H,5-7,10-11,13-14H2,1-4H3,(H,21,25). The van der Waals surface area contributed by atoms with Gasteiger partial charge < -0.3 is 15.1 Å². The van der Waals surface area contributed by atoms with Gasteiger partial charge in [0.05, 0.1) is 5.92 Å². The Labute approximate surface area is 151 Å². The first-order valence-corrected chi connectivity index (χ1v) is 9.33. The lowest BCUT2D eigenvalue weighted by Crippen LogP contribution is -2.35. The molecule has 1 atom stereocenters. The molecule has 25 heavy (non-hydrogen) atoms. The third-order valence-corrected chi connectivity index (χ3v) is 4.98. The molecule has 0 radical (unpaired) electrons. The summed E-state index contributed by atoms with van der Waals surface area (Å²) in [4.78, 5) is 28.8. The van der Waals surface area contributed by atoms with Crippen molar-refractivity contribution in [1.29, 1.82) is 0 Å². The number of benzene rings is 1. The quantitative estimate of drug-likeness (QED) is 0.737. The van der Waals surface area contributed by atoms with Crippen molar-refractivity contribution in [2.45, 2.75) is 40.5 Å². The number of hydrogen-bond acceptors (Lipinski definition) is 3. The van der Waals surface area contributed by atoms with Crippen molar-refractivity contribution >= 4 is 17.5 Å². The molecule has 1 saturated heterocycles. The topological polar surface area (TPSA) is 52.7 Å². The summed E-state index contributed by atoms with van der Waals surface area (Å²) in [7, 11) is 0. The van der Waals surface area contributed by atoms with Crippen LogP contribution in [0.4, 0.5) is 5.69 Å². The molecule has 138 valence electrons. The van der Waals surface area contributed by atoms with E-state index in [1.165, 1.54) is 5.56 Å². The van der Waals surface area contributed by atoms with Crippen molar-refractivity contribution < 1.29 is 9.59 Å². The van der Waals surface area contributed by atoms with Gasteiger partial charge in [0.1, 0.15) is 0 Å². The summed E-state index contributed by atoms with van der Waals surface area (Å²) in [5.41, 5.74) is 3.18. The minimum Gasteiger partial charge on any atom is -0.356 e. The predicted octanol–water partition coefficient (Wildman–Crippen LogP) is 2.50. The van der Waals surface area contributed by atoms with Crippen LogP contribution in [0.1, 0.15) is 37.8 Å². The highest BCUT2D eigenvalue weighted by atomic mass is 16.2. The summed E-state index contributed by atoms with van der Waals surface area (Å²) in [6.45, 7) is 12.5. The summed E-state index contributed by atoms with van der Waals surface area (Å²) >= 11 is 0. The number of hydrogen-bond donors (Lipinski definition) is 1. The highest BCUT2D eigenvalue weighted by Gasteiger charge is 2.35. The second kappa shape index (κ2) is 8.99. The molecule has 5 heteroatoms. The minimum absolute atomic E-state index is 0.000150. The number of aryl methyl sites for hydroxylation is 2. The van der Waals surface area contributed by atoms with E-state index in [9.17, 15) is 9.59 Å². The van der Waals surface area contributed by atoms with Crippen LogP contribution in [-0.4, -0.2) is 49.4 Å². The first-order chi connectivity index (χ1) is 12.0. The molecule has 0 aliphatic carbocycles. The Bertz CT molecular complexity index is 611. The Morgan fingerprint density at radius 3 is 2.64 bits per heavy atom. The minimum atomic E-state index is -0.248. The van der Waals surface area contributed by atoms with Gasteiger partial charge >= 0.3 is 0 Å². The number of nitrogens with zero attached hydrogens (tertiary/aromatic N) is 2. The first-order valence-electron chi connectivity index (χ1n) is 9.33. The molecular formula is C20H31N3O2. The molecule has 5 nitrogen and oxygen atoms in total. The van der Waals surface area contributed by atoms with Crippen LogP contribution in [0.25, 0.3) is 0 Å². The molecule has 1 aliphatic rings. The molecular weight excluding hydrogens is 314 g/mol. The predicted molar refractivity (Wildman–Crippen MR) is 102 cm³/mol. The molecule has 0 saturated carbocycles. The van der Waals surface area contributed by atoms with Gasteiger partial charge in [-0.1, -0.05) is 31.5 Å². The molecule has 1 aromatic rings. The van der Waals surface area contributed by atoms with E-state index in [2.05, 4.69) is 30.1 Å². The lowest BCUT2D eigenvalue weighted by atomic mass is 10.1. The molecule has 1 N–H and O–H groups in total. The lowest BCUT2D eigenvalue weighted by Gasteiger charge is -2.20. The Morgan fingerprint density at radius 1 is 1.28 bits per heavy atom. The Hall–Kier alpha value is -1.88. The molecule has 0 spiro atoms. The van der Waals surface area contributed by atoms with Crippen molar-refractivity contribution in [2.75, 3.05) is 37.6 Å². The third-order valence-electron chi connectivity index (χ3n) is 4.98. The molecule has 1 aromatic carbocycles. The fourth-order valence-corrected chi connectivity index (χ4v) is 3.42. The number of nitrogens with one attached hydrogen (secondary N) is 1. The van der Waals surface area contributed by atoms with Gasteiger partial charge in [-0.15, -0.1) is 0 Å². The summed E-state index contributed by atoms with van der Waals surface area (Å²) in [5.74, 6) is -0.211. The maximum absolute atomic E-state index is 12.4. The molecule has 1 unspecified atom stereocenters. The van der Waals surface area contributed by atoms with Crippen LogP contribution < -0.4 is 10.2 Å². The molecule has 0 bridgehead atoms. The number of carbonyl (C=O) groups is 2. The van der Waals surface area contributed by atoms with E-state index >= 15 is 0 Å². The summed E-state index contributed by atoms with van der Waals surface area (Å²) in [6, 6.07) is 6.06. The zero-order valence-corrected chi connectivity index (χ0v) is 16.0. The first kappa shape index (κ1) is 19.4. The molecule has 1 aliphatic heterocycles. The molecule has 1 fully saturated rings. The van der Waals surface area contributed by atoms with Crippen molar-refractivity contribution in [1.82, 2.24) is 10.2 Å². The van der Waals surface area contributed by atoms with Gasteiger partial charge in [0.2, 0.25) is 11.8 Å². The van der Waals surface area contributed by atoms with E-state index in [1.807, 2.05) is 26.0 Å². The second-order valence-electron chi connectivity index (χ2n) is 6.87. The van der Waals surface area contributed by atoms with E-state index < -0.39 is 0 Å². The fraction of sp³-hybridized carbons (Fsp3) is 0.600. The van der Waals surface area contributed by atoms with Gasteiger partial charge in [-0.3, -0.25) is 9.59 Å².